The molecule has 0 saturated carbocycles. The van der Waals surface area contributed by atoms with Gasteiger partial charge in [-0.25, -0.2) is 0 Å². The van der Waals surface area contributed by atoms with Gasteiger partial charge < -0.3 is 9.80 Å². The van der Waals surface area contributed by atoms with Crippen LogP contribution < -0.4 is 0 Å². The second-order valence-corrected chi connectivity index (χ2v) is 9.03. The zero-order valence-corrected chi connectivity index (χ0v) is 17.0. The van der Waals surface area contributed by atoms with Gasteiger partial charge in [-0.3, -0.25) is 0 Å². The molecule has 0 atom stereocenters. The van der Waals surface area contributed by atoms with Crippen molar-refractivity contribution in [3.63, 3.8) is 0 Å². The topological polar surface area (TPSA) is 6.48 Å². The van der Waals surface area contributed by atoms with Gasteiger partial charge in [-0.1, -0.05) is 29.8 Å². The minimum absolute atomic E-state index is 1.17. The number of fused-ring (bicyclic) bond motifs is 2. The van der Waals surface area contributed by atoms with Crippen molar-refractivity contribution in [2.45, 2.75) is 32.1 Å². The molecule has 1 aromatic carbocycles. The smallest absolute Gasteiger partial charge is 0.0582 e. The maximum absolute atomic E-state index is 2.64. The Kier molecular flexibility index (Phi) is 4.66. The SMILES string of the molecule is CN1CCC(=C2c3ccccc3C=C(N3CCCCC3)c3sccc32)CC1. The first-order valence-electron chi connectivity index (χ1n) is 10.4. The Morgan fingerprint density at radius 1 is 0.852 bits per heavy atom. The van der Waals surface area contributed by atoms with Crippen LogP contribution in [0.3, 0.4) is 0 Å². The van der Waals surface area contributed by atoms with Crippen LogP contribution in [0.1, 0.15) is 53.7 Å². The summed E-state index contributed by atoms with van der Waals surface area (Å²) in [5, 5.41) is 2.30. The minimum atomic E-state index is 1.17. The van der Waals surface area contributed by atoms with Gasteiger partial charge in [0.2, 0.25) is 0 Å². The molecule has 5 rings (SSSR count). The van der Waals surface area contributed by atoms with E-state index < -0.39 is 0 Å². The van der Waals surface area contributed by atoms with Crippen molar-refractivity contribution >= 4 is 28.7 Å². The van der Waals surface area contributed by atoms with Crippen LogP contribution in [0.4, 0.5) is 0 Å². The first kappa shape index (κ1) is 17.3. The molecule has 2 saturated heterocycles. The van der Waals surface area contributed by atoms with Gasteiger partial charge in [0, 0.05) is 31.7 Å². The number of rotatable bonds is 1. The maximum Gasteiger partial charge on any atom is 0.0582 e. The number of nitrogens with zero attached hydrogens (tertiary/aromatic N) is 2. The number of hydrogen-bond acceptors (Lipinski definition) is 3. The molecule has 0 radical (unpaired) electrons. The highest BCUT2D eigenvalue weighted by atomic mass is 32.1. The standard InChI is InChI=1S/C24H28N2S/c1-25-14-9-18(10-15-25)23-20-8-4-3-7-19(20)17-22(24-21(23)11-16-27-24)26-12-5-2-6-13-26/h3-4,7-8,11,16-17H,2,5-6,9-10,12-15H2,1H3. The molecular formula is C24H28N2S. The van der Waals surface area contributed by atoms with Gasteiger partial charge in [-0.2, -0.15) is 0 Å². The lowest BCUT2D eigenvalue weighted by Gasteiger charge is -2.31. The van der Waals surface area contributed by atoms with E-state index in [4.69, 9.17) is 0 Å². The van der Waals surface area contributed by atoms with Crippen molar-refractivity contribution in [1.82, 2.24) is 9.80 Å². The molecule has 2 aliphatic heterocycles. The summed E-state index contributed by atoms with van der Waals surface area (Å²) in [6.07, 6.45) is 8.86. The zero-order chi connectivity index (χ0) is 18.2. The lowest BCUT2D eigenvalue weighted by atomic mass is 9.87. The van der Waals surface area contributed by atoms with Gasteiger partial charge >= 0.3 is 0 Å². The number of hydrogen-bond donors (Lipinski definition) is 0. The number of likely N-dealkylation sites (tertiary alicyclic amines) is 2. The van der Waals surface area contributed by atoms with E-state index in [-0.39, 0.29) is 0 Å². The Morgan fingerprint density at radius 3 is 2.44 bits per heavy atom. The van der Waals surface area contributed by atoms with E-state index in [1.165, 1.54) is 91.1 Å². The van der Waals surface area contributed by atoms with Gasteiger partial charge in [0.25, 0.3) is 0 Å². The van der Waals surface area contributed by atoms with Crippen LogP contribution in [-0.2, 0) is 0 Å². The first-order valence-corrected chi connectivity index (χ1v) is 11.2. The van der Waals surface area contributed by atoms with E-state index in [1.54, 1.807) is 5.57 Å². The fourth-order valence-corrected chi connectivity index (χ4v) is 5.75. The van der Waals surface area contributed by atoms with Crippen molar-refractivity contribution in [2.75, 3.05) is 33.2 Å². The van der Waals surface area contributed by atoms with Crippen molar-refractivity contribution in [3.05, 3.63) is 62.9 Å². The lowest BCUT2D eigenvalue weighted by Crippen LogP contribution is -2.28. The molecule has 140 valence electrons. The summed E-state index contributed by atoms with van der Waals surface area (Å²) in [6, 6.07) is 11.4. The normalized spacial score (nSPS) is 20.8. The van der Waals surface area contributed by atoms with Gasteiger partial charge in [-0.15, -0.1) is 11.3 Å². The summed E-state index contributed by atoms with van der Waals surface area (Å²) in [4.78, 5) is 6.57. The van der Waals surface area contributed by atoms with Gasteiger partial charge in [0.1, 0.15) is 0 Å². The van der Waals surface area contributed by atoms with Gasteiger partial charge in [-0.05, 0) is 73.4 Å². The molecule has 3 heterocycles. The minimum Gasteiger partial charge on any atom is -0.370 e. The predicted molar refractivity (Wildman–Crippen MR) is 117 cm³/mol. The summed E-state index contributed by atoms with van der Waals surface area (Å²) in [6.45, 7) is 4.74. The Morgan fingerprint density at radius 2 is 1.63 bits per heavy atom. The molecule has 3 heteroatoms. The van der Waals surface area contributed by atoms with E-state index in [0.29, 0.717) is 0 Å². The first-order chi connectivity index (χ1) is 13.3. The number of thiophene rings is 1. The van der Waals surface area contributed by atoms with Crippen molar-refractivity contribution in [1.29, 1.82) is 0 Å². The molecule has 3 aliphatic rings. The van der Waals surface area contributed by atoms with Crippen LogP contribution in [0, 0.1) is 0 Å². The Labute approximate surface area is 166 Å². The molecule has 2 fully saturated rings. The number of benzene rings is 1. The second-order valence-electron chi connectivity index (χ2n) is 8.11. The molecule has 0 spiro atoms. The molecule has 1 aliphatic carbocycles. The molecule has 2 nitrogen and oxygen atoms in total. The van der Waals surface area contributed by atoms with Crippen LogP contribution >= 0.6 is 11.3 Å². The third kappa shape index (κ3) is 3.17. The van der Waals surface area contributed by atoms with Gasteiger partial charge in [0.05, 0.1) is 10.6 Å². The fraction of sp³-hybridized carbons (Fsp3) is 0.417. The summed E-state index contributed by atoms with van der Waals surface area (Å²) in [5.74, 6) is 0. The van der Waals surface area contributed by atoms with Crippen LogP contribution in [-0.4, -0.2) is 43.0 Å². The van der Waals surface area contributed by atoms with Gasteiger partial charge in [0.15, 0.2) is 0 Å². The summed E-state index contributed by atoms with van der Waals surface area (Å²) in [7, 11) is 2.24. The molecule has 0 amide bonds. The van der Waals surface area contributed by atoms with E-state index in [2.05, 4.69) is 58.6 Å². The molecule has 0 bridgehead atoms. The van der Waals surface area contributed by atoms with Crippen LogP contribution in [0.5, 0.6) is 0 Å². The van der Waals surface area contributed by atoms with E-state index in [9.17, 15) is 0 Å². The van der Waals surface area contributed by atoms with E-state index in [1.807, 2.05) is 11.3 Å². The van der Waals surface area contributed by atoms with E-state index in [0.717, 1.165) is 0 Å². The molecule has 27 heavy (non-hydrogen) atoms. The average Bonchev–Trinajstić information content (AvgIpc) is 3.13. The van der Waals surface area contributed by atoms with Crippen molar-refractivity contribution in [3.8, 4) is 0 Å². The molecule has 2 aromatic rings. The Bertz CT molecular complexity index is 889. The third-order valence-electron chi connectivity index (χ3n) is 6.33. The molecule has 0 N–H and O–H groups in total. The average molecular weight is 377 g/mol. The lowest BCUT2D eigenvalue weighted by molar-refractivity contribution is 0.313. The molecule has 1 aromatic heterocycles. The van der Waals surface area contributed by atoms with Crippen LogP contribution in [0.15, 0.2) is 41.3 Å². The Balaban J connectivity index is 1.69. The highest BCUT2D eigenvalue weighted by Crippen LogP contribution is 2.44. The Hall–Kier alpha value is -1.84. The zero-order valence-electron chi connectivity index (χ0n) is 16.2. The molecule has 0 unspecified atom stereocenters. The largest absolute Gasteiger partial charge is 0.370 e. The maximum atomic E-state index is 2.64. The third-order valence-corrected chi connectivity index (χ3v) is 7.27. The van der Waals surface area contributed by atoms with Crippen molar-refractivity contribution in [2.24, 2.45) is 0 Å². The predicted octanol–water partition coefficient (Wildman–Crippen LogP) is 5.57. The summed E-state index contributed by atoms with van der Waals surface area (Å²) < 4.78 is 0. The van der Waals surface area contributed by atoms with Crippen LogP contribution in [0.25, 0.3) is 17.3 Å². The summed E-state index contributed by atoms with van der Waals surface area (Å²) >= 11 is 1.92. The highest BCUT2D eigenvalue weighted by molar-refractivity contribution is 7.11. The van der Waals surface area contributed by atoms with Crippen LogP contribution in [0.2, 0.25) is 0 Å². The fourth-order valence-electron chi connectivity index (χ4n) is 4.80. The molecular weight excluding hydrogens is 348 g/mol. The highest BCUT2D eigenvalue weighted by Gasteiger charge is 2.27. The quantitative estimate of drug-likeness (QED) is 0.642. The second kappa shape index (κ2) is 7.29. The number of piperidine rings is 2. The monoisotopic (exact) mass is 376 g/mol. The summed E-state index contributed by atoms with van der Waals surface area (Å²) in [5.41, 5.74) is 8.93. The van der Waals surface area contributed by atoms with Crippen molar-refractivity contribution < 1.29 is 0 Å². The van der Waals surface area contributed by atoms with E-state index >= 15 is 0 Å².